The van der Waals surface area contributed by atoms with Gasteiger partial charge < -0.3 is 9.47 Å². The first-order chi connectivity index (χ1) is 9.69. The molecular formula is C16H14ClFO2. The Kier molecular flexibility index (Phi) is 3.64. The zero-order chi connectivity index (χ0) is 14.1. The van der Waals surface area contributed by atoms with Gasteiger partial charge in [0.25, 0.3) is 0 Å². The second kappa shape index (κ2) is 5.43. The summed E-state index contributed by atoms with van der Waals surface area (Å²) in [6.45, 7) is 1.27. The zero-order valence-corrected chi connectivity index (χ0v) is 11.8. The third kappa shape index (κ3) is 2.39. The summed E-state index contributed by atoms with van der Waals surface area (Å²) in [6, 6.07) is 10.8. The van der Waals surface area contributed by atoms with Crippen LogP contribution in [0.1, 0.15) is 27.6 Å². The van der Waals surface area contributed by atoms with E-state index in [1.807, 2.05) is 18.2 Å². The maximum atomic E-state index is 13.7. The highest BCUT2D eigenvalue weighted by atomic mass is 35.5. The van der Waals surface area contributed by atoms with E-state index in [-0.39, 0.29) is 11.1 Å². The molecule has 0 aromatic heterocycles. The first-order valence-electron chi connectivity index (χ1n) is 6.36. The van der Waals surface area contributed by atoms with E-state index < -0.39 is 5.82 Å². The molecule has 0 radical (unpaired) electrons. The van der Waals surface area contributed by atoms with E-state index in [0.717, 1.165) is 11.1 Å². The molecule has 1 aliphatic rings. The van der Waals surface area contributed by atoms with Gasteiger partial charge in [0.15, 0.2) is 11.6 Å². The van der Waals surface area contributed by atoms with Crippen molar-refractivity contribution in [2.75, 3.05) is 7.11 Å². The van der Waals surface area contributed by atoms with Crippen LogP contribution in [0, 0.1) is 5.82 Å². The van der Waals surface area contributed by atoms with Gasteiger partial charge in [-0.2, -0.15) is 0 Å². The number of ether oxygens (including phenoxy) is 2. The third-order valence-corrected chi connectivity index (χ3v) is 4.01. The minimum absolute atomic E-state index is 0.222. The number of methoxy groups -OCH3 is 1. The highest BCUT2D eigenvalue weighted by Crippen LogP contribution is 2.33. The average Bonchev–Trinajstić information content (AvgIpc) is 2.93. The molecule has 20 heavy (non-hydrogen) atoms. The third-order valence-electron chi connectivity index (χ3n) is 3.51. The highest BCUT2D eigenvalue weighted by Gasteiger charge is 2.17. The van der Waals surface area contributed by atoms with Gasteiger partial charge >= 0.3 is 0 Å². The summed E-state index contributed by atoms with van der Waals surface area (Å²) in [5.41, 5.74) is 4.00. The van der Waals surface area contributed by atoms with Gasteiger partial charge in [-0.3, -0.25) is 0 Å². The molecule has 1 heterocycles. The number of hydrogen-bond donors (Lipinski definition) is 0. The average molecular weight is 293 g/mol. The molecule has 1 unspecified atom stereocenters. The van der Waals surface area contributed by atoms with Crippen LogP contribution in [-0.4, -0.2) is 7.11 Å². The largest absolute Gasteiger partial charge is 0.494 e. The number of alkyl halides is 1. The lowest BCUT2D eigenvalue weighted by Gasteiger charge is -2.13. The van der Waals surface area contributed by atoms with Gasteiger partial charge in [-0.15, -0.1) is 11.6 Å². The van der Waals surface area contributed by atoms with Gasteiger partial charge in [0.1, 0.15) is 0 Å². The van der Waals surface area contributed by atoms with Crippen molar-refractivity contribution in [2.24, 2.45) is 0 Å². The zero-order valence-electron chi connectivity index (χ0n) is 11.0. The van der Waals surface area contributed by atoms with Crippen LogP contribution in [0.5, 0.6) is 5.75 Å². The Bertz CT molecular complexity index is 642. The summed E-state index contributed by atoms with van der Waals surface area (Å²) < 4.78 is 24.0. The van der Waals surface area contributed by atoms with Crippen LogP contribution in [0.3, 0.4) is 0 Å². The first kappa shape index (κ1) is 13.4. The Morgan fingerprint density at radius 1 is 1.10 bits per heavy atom. The molecule has 0 aliphatic carbocycles. The van der Waals surface area contributed by atoms with Crippen molar-refractivity contribution in [3.63, 3.8) is 0 Å². The standard InChI is InChI=1S/C16H14ClFO2/c1-19-15-5-4-11(7-14(15)18)16(17)10-2-3-12-8-20-9-13(12)6-10/h2-7,16H,8-9H2,1H3. The van der Waals surface area contributed by atoms with Crippen molar-refractivity contribution >= 4 is 11.6 Å². The number of rotatable bonds is 3. The number of halogens is 2. The molecule has 1 atom stereocenters. The van der Waals surface area contributed by atoms with Crippen molar-refractivity contribution in [1.82, 2.24) is 0 Å². The first-order valence-corrected chi connectivity index (χ1v) is 6.79. The molecule has 0 spiro atoms. The molecular weight excluding hydrogens is 279 g/mol. The SMILES string of the molecule is COc1ccc(C(Cl)c2ccc3c(c2)COC3)cc1F. The molecule has 104 valence electrons. The molecule has 3 rings (SSSR count). The maximum Gasteiger partial charge on any atom is 0.165 e. The van der Waals surface area contributed by atoms with E-state index in [1.165, 1.54) is 18.7 Å². The van der Waals surface area contributed by atoms with Crippen molar-refractivity contribution in [2.45, 2.75) is 18.6 Å². The van der Waals surface area contributed by atoms with Crippen LogP contribution < -0.4 is 4.74 Å². The van der Waals surface area contributed by atoms with Crippen LogP contribution in [0.2, 0.25) is 0 Å². The maximum absolute atomic E-state index is 13.7. The van der Waals surface area contributed by atoms with Crippen molar-refractivity contribution in [1.29, 1.82) is 0 Å². The second-order valence-electron chi connectivity index (χ2n) is 4.78. The molecule has 1 aliphatic heterocycles. The lowest BCUT2D eigenvalue weighted by molar-refractivity contribution is 0.134. The summed E-state index contributed by atoms with van der Waals surface area (Å²) in [5.74, 6) is -0.180. The fraction of sp³-hybridized carbons (Fsp3) is 0.250. The molecule has 0 N–H and O–H groups in total. The fourth-order valence-electron chi connectivity index (χ4n) is 2.38. The van der Waals surface area contributed by atoms with Gasteiger partial charge in [-0.1, -0.05) is 24.3 Å². The number of fused-ring (bicyclic) bond motifs is 1. The summed E-state index contributed by atoms with van der Waals surface area (Å²) in [7, 11) is 1.44. The Morgan fingerprint density at radius 3 is 2.55 bits per heavy atom. The molecule has 4 heteroatoms. The molecule has 0 saturated heterocycles. The van der Waals surface area contributed by atoms with Crippen LogP contribution in [0.25, 0.3) is 0 Å². The Labute approximate surface area is 122 Å². The van der Waals surface area contributed by atoms with Crippen molar-refractivity contribution < 1.29 is 13.9 Å². The number of hydrogen-bond acceptors (Lipinski definition) is 2. The van der Waals surface area contributed by atoms with E-state index in [2.05, 4.69) is 0 Å². The van der Waals surface area contributed by atoms with Gasteiger partial charge in [-0.25, -0.2) is 4.39 Å². The normalized spacial score (nSPS) is 14.9. The molecule has 0 fully saturated rings. The fourth-order valence-corrected chi connectivity index (χ4v) is 2.65. The van der Waals surface area contributed by atoms with E-state index in [1.54, 1.807) is 12.1 Å². The summed E-state index contributed by atoms with van der Waals surface area (Å²) in [6.07, 6.45) is 0. The minimum Gasteiger partial charge on any atom is -0.494 e. The van der Waals surface area contributed by atoms with Crippen LogP contribution >= 0.6 is 11.6 Å². The molecule has 0 saturated carbocycles. The van der Waals surface area contributed by atoms with Crippen LogP contribution in [-0.2, 0) is 18.0 Å². The molecule has 2 aromatic carbocycles. The van der Waals surface area contributed by atoms with E-state index >= 15 is 0 Å². The summed E-state index contributed by atoms with van der Waals surface area (Å²) in [4.78, 5) is 0. The molecule has 2 aromatic rings. The number of benzene rings is 2. The Hall–Kier alpha value is -1.58. The Balaban J connectivity index is 1.92. The van der Waals surface area contributed by atoms with Gasteiger partial charge in [-0.05, 0) is 34.4 Å². The highest BCUT2D eigenvalue weighted by molar-refractivity contribution is 6.22. The van der Waals surface area contributed by atoms with Crippen molar-refractivity contribution in [3.8, 4) is 5.75 Å². The molecule has 2 nitrogen and oxygen atoms in total. The summed E-state index contributed by atoms with van der Waals surface area (Å²) in [5, 5.41) is -0.388. The van der Waals surface area contributed by atoms with Gasteiger partial charge in [0.2, 0.25) is 0 Å². The summed E-state index contributed by atoms with van der Waals surface area (Å²) >= 11 is 6.45. The quantitative estimate of drug-likeness (QED) is 0.790. The van der Waals surface area contributed by atoms with E-state index in [0.29, 0.717) is 18.8 Å². The van der Waals surface area contributed by atoms with E-state index in [4.69, 9.17) is 21.1 Å². The van der Waals surface area contributed by atoms with Crippen LogP contribution in [0.15, 0.2) is 36.4 Å². The molecule has 0 bridgehead atoms. The second-order valence-corrected chi connectivity index (χ2v) is 5.21. The minimum atomic E-state index is -0.403. The predicted octanol–water partition coefficient (Wildman–Crippen LogP) is 4.19. The predicted molar refractivity (Wildman–Crippen MR) is 75.6 cm³/mol. The smallest absolute Gasteiger partial charge is 0.165 e. The van der Waals surface area contributed by atoms with Gasteiger partial charge in [0.05, 0.1) is 25.7 Å². The lowest BCUT2D eigenvalue weighted by Crippen LogP contribution is -1.97. The van der Waals surface area contributed by atoms with Crippen LogP contribution in [0.4, 0.5) is 4.39 Å². The lowest BCUT2D eigenvalue weighted by atomic mass is 10.00. The Morgan fingerprint density at radius 2 is 1.80 bits per heavy atom. The topological polar surface area (TPSA) is 18.5 Å². The monoisotopic (exact) mass is 292 g/mol. The van der Waals surface area contributed by atoms with Gasteiger partial charge in [0, 0.05) is 0 Å². The molecule has 0 amide bonds. The van der Waals surface area contributed by atoms with E-state index in [9.17, 15) is 4.39 Å². The van der Waals surface area contributed by atoms with Crippen molar-refractivity contribution in [3.05, 3.63) is 64.5 Å².